The highest BCUT2D eigenvalue weighted by Gasteiger charge is 2.17. The second kappa shape index (κ2) is 8.67. The third-order valence-electron chi connectivity index (χ3n) is 2.94. The van der Waals surface area contributed by atoms with E-state index in [1.54, 1.807) is 24.3 Å². The third kappa shape index (κ3) is 6.73. The molecule has 0 heterocycles. The van der Waals surface area contributed by atoms with Gasteiger partial charge in [0.25, 0.3) is 5.91 Å². The van der Waals surface area contributed by atoms with Crippen LogP contribution >= 0.6 is 0 Å². The van der Waals surface area contributed by atoms with Crippen LogP contribution in [-0.4, -0.2) is 36.2 Å². The lowest BCUT2D eigenvalue weighted by molar-refractivity contribution is -0.153. The summed E-state index contributed by atoms with van der Waals surface area (Å²) in [6.07, 6.45) is -0.975. The van der Waals surface area contributed by atoms with Crippen molar-refractivity contribution in [3.63, 3.8) is 0 Å². The molecule has 0 aliphatic rings. The van der Waals surface area contributed by atoms with Gasteiger partial charge in [0.05, 0.1) is 6.42 Å². The number of ether oxygens (including phenoxy) is 1. The zero-order valence-corrected chi connectivity index (χ0v) is 13.3. The molecule has 0 spiro atoms. The summed E-state index contributed by atoms with van der Waals surface area (Å²) in [7, 11) is 0. The third-order valence-corrected chi connectivity index (χ3v) is 2.94. The van der Waals surface area contributed by atoms with Crippen molar-refractivity contribution in [2.75, 3.05) is 11.9 Å². The Morgan fingerprint density at radius 3 is 2.22 bits per heavy atom. The lowest BCUT2D eigenvalue weighted by atomic mass is 10.1. The van der Waals surface area contributed by atoms with E-state index in [2.05, 4.69) is 10.6 Å². The summed E-state index contributed by atoms with van der Waals surface area (Å²) in [4.78, 5) is 45.3. The zero-order valence-electron chi connectivity index (χ0n) is 13.3. The molecular formula is C16H20N2O5. The number of hydrogen-bond donors (Lipinski definition) is 2. The van der Waals surface area contributed by atoms with Crippen LogP contribution < -0.4 is 10.6 Å². The number of rotatable bonds is 7. The van der Waals surface area contributed by atoms with Crippen LogP contribution in [0.15, 0.2) is 24.3 Å². The predicted molar refractivity (Wildman–Crippen MR) is 83.9 cm³/mol. The normalized spacial score (nSPS) is 11.3. The molecule has 7 heteroatoms. The zero-order chi connectivity index (χ0) is 17.4. The maximum atomic E-state index is 11.9. The molecule has 1 atom stereocenters. The molecule has 0 radical (unpaired) electrons. The maximum Gasteiger partial charge on any atom is 0.308 e. The molecule has 0 aliphatic heterocycles. The fourth-order valence-corrected chi connectivity index (χ4v) is 1.68. The van der Waals surface area contributed by atoms with E-state index in [0.29, 0.717) is 11.3 Å². The van der Waals surface area contributed by atoms with Gasteiger partial charge >= 0.3 is 5.97 Å². The highest BCUT2D eigenvalue weighted by atomic mass is 16.5. The highest BCUT2D eigenvalue weighted by molar-refractivity contribution is 5.97. The van der Waals surface area contributed by atoms with Crippen LogP contribution in [0, 0.1) is 0 Å². The van der Waals surface area contributed by atoms with Gasteiger partial charge < -0.3 is 15.4 Å². The van der Waals surface area contributed by atoms with Crippen molar-refractivity contribution in [2.45, 2.75) is 33.3 Å². The smallest absolute Gasteiger partial charge is 0.308 e. The highest BCUT2D eigenvalue weighted by Crippen LogP contribution is 2.11. The average molecular weight is 320 g/mol. The number of hydrogen-bond acceptors (Lipinski definition) is 5. The number of carbonyl (C=O) groups is 4. The van der Waals surface area contributed by atoms with E-state index in [1.165, 1.54) is 20.8 Å². The Bertz CT molecular complexity index is 595. The van der Waals surface area contributed by atoms with Gasteiger partial charge in [-0.25, -0.2) is 0 Å². The lowest BCUT2D eigenvalue weighted by Crippen LogP contribution is -2.31. The first kappa shape index (κ1) is 18.3. The van der Waals surface area contributed by atoms with Crippen LogP contribution in [0.25, 0.3) is 0 Å². The van der Waals surface area contributed by atoms with Gasteiger partial charge in [-0.15, -0.1) is 0 Å². The summed E-state index contributed by atoms with van der Waals surface area (Å²) < 4.78 is 4.97. The molecule has 124 valence electrons. The fraction of sp³-hybridized carbons (Fsp3) is 0.375. The van der Waals surface area contributed by atoms with Crippen LogP contribution in [-0.2, 0) is 19.1 Å². The van der Waals surface area contributed by atoms with E-state index >= 15 is 0 Å². The van der Waals surface area contributed by atoms with E-state index < -0.39 is 18.0 Å². The second-order valence-corrected chi connectivity index (χ2v) is 4.99. The minimum absolute atomic E-state index is 0.00942. The monoisotopic (exact) mass is 320 g/mol. The number of ketones is 1. The van der Waals surface area contributed by atoms with Crippen LogP contribution in [0.4, 0.5) is 5.69 Å². The van der Waals surface area contributed by atoms with Crippen molar-refractivity contribution in [1.82, 2.24) is 5.32 Å². The molecule has 2 N–H and O–H groups in total. The molecule has 0 aromatic heterocycles. The van der Waals surface area contributed by atoms with Crippen LogP contribution in [0.3, 0.4) is 0 Å². The first-order valence-electron chi connectivity index (χ1n) is 7.15. The van der Waals surface area contributed by atoms with Gasteiger partial charge in [0.2, 0.25) is 5.91 Å². The van der Waals surface area contributed by atoms with E-state index in [1.807, 2.05) is 0 Å². The summed E-state index contributed by atoms with van der Waals surface area (Å²) >= 11 is 0. The standard InChI is InChI=1S/C16H20N2O5/c1-10(19)13-4-6-14(7-5-13)18-16(22)11(2)23-15(21)8-9-17-12(3)20/h4-7,11H,8-9H2,1-3H3,(H,17,20)(H,18,22)/t11-/m0/s1. The Labute approximate surface area is 134 Å². The van der Waals surface area contributed by atoms with Crippen LogP contribution in [0.1, 0.15) is 37.6 Å². The van der Waals surface area contributed by atoms with Crippen molar-refractivity contribution in [3.8, 4) is 0 Å². The molecule has 0 saturated carbocycles. The Hall–Kier alpha value is -2.70. The number of benzene rings is 1. The van der Waals surface area contributed by atoms with Gasteiger partial charge in [-0.05, 0) is 38.1 Å². The summed E-state index contributed by atoms with van der Waals surface area (Å²) in [5.74, 6) is -1.36. The molecule has 0 bridgehead atoms. The van der Waals surface area contributed by atoms with Crippen molar-refractivity contribution >= 4 is 29.3 Å². The van der Waals surface area contributed by atoms with E-state index in [-0.39, 0.29) is 24.7 Å². The van der Waals surface area contributed by atoms with Gasteiger partial charge in [-0.1, -0.05) is 0 Å². The second-order valence-electron chi connectivity index (χ2n) is 4.99. The molecule has 1 rings (SSSR count). The first-order chi connectivity index (χ1) is 10.8. The molecule has 7 nitrogen and oxygen atoms in total. The Kier molecular flexibility index (Phi) is 6.92. The van der Waals surface area contributed by atoms with Crippen molar-refractivity contribution in [2.24, 2.45) is 0 Å². The number of nitrogens with one attached hydrogen (secondary N) is 2. The van der Waals surface area contributed by atoms with Gasteiger partial charge in [0, 0.05) is 24.7 Å². The summed E-state index contributed by atoms with van der Waals surface area (Å²) in [6.45, 7) is 4.42. The van der Waals surface area contributed by atoms with Gasteiger partial charge in [-0.3, -0.25) is 19.2 Å². The maximum absolute atomic E-state index is 11.9. The molecule has 1 aromatic rings. The molecular weight excluding hydrogens is 300 g/mol. The van der Waals surface area contributed by atoms with Gasteiger partial charge in [0.1, 0.15) is 0 Å². The summed E-state index contributed by atoms with van der Waals surface area (Å²) in [5, 5.41) is 5.06. The number of Topliss-reactive ketones (excluding diaryl/α,β-unsaturated/α-hetero) is 1. The van der Waals surface area contributed by atoms with Crippen LogP contribution in [0.5, 0.6) is 0 Å². The van der Waals surface area contributed by atoms with Crippen molar-refractivity contribution in [3.05, 3.63) is 29.8 Å². The SMILES string of the molecule is CC(=O)NCCC(=O)O[C@@H](C)C(=O)Nc1ccc(C(C)=O)cc1. The minimum atomic E-state index is -0.965. The molecule has 0 aliphatic carbocycles. The number of carbonyl (C=O) groups excluding carboxylic acids is 4. The summed E-state index contributed by atoms with van der Waals surface area (Å²) in [5.41, 5.74) is 1.04. The van der Waals surface area contributed by atoms with E-state index in [4.69, 9.17) is 4.74 Å². The predicted octanol–water partition coefficient (Wildman–Crippen LogP) is 1.29. The van der Waals surface area contributed by atoms with Crippen molar-refractivity contribution in [1.29, 1.82) is 0 Å². The first-order valence-corrected chi connectivity index (χ1v) is 7.15. The Morgan fingerprint density at radius 2 is 1.70 bits per heavy atom. The topological polar surface area (TPSA) is 102 Å². The quantitative estimate of drug-likeness (QED) is 0.582. The molecule has 0 saturated heterocycles. The Balaban J connectivity index is 2.45. The summed E-state index contributed by atoms with van der Waals surface area (Å²) in [6, 6.07) is 6.39. The molecule has 23 heavy (non-hydrogen) atoms. The average Bonchev–Trinajstić information content (AvgIpc) is 2.47. The lowest BCUT2D eigenvalue weighted by Gasteiger charge is -2.13. The number of esters is 1. The minimum Gasteiger partial charge on any atom is -0.452 e. The number of amides is 2. The molecule has 2 amide bonds. The largest absolute Gasteiger partial charge is 0.452 e. The molecule has 1 aromatic carbocycles. The van der Waals surface area contributed by atoms with Gasteiger partial charge in [-0.2, -0.15) is 0 Å². The van der Waals surface area contributed by atoms with Crippen LogP contribution in [0.2, 0.25) is 0 Å². The Morgan fingerprint density at radius 1 is 1.09 bits per heavy atom. The van der Waals surface area contributed by atoms with E-state index in [9.17, 15) is 19.2 Å². The van der Waals surface area contributed by atoms with Gasteiger partial charge in [0.15, 0.2) is 11.9 Å². The van der Waals surface area contributed by atoms with Crippen molar-refractivity contribution < 1.29 is 23.9 Å². The van der Waals surface area contributed by atoms with E-state index in [0.717, 1.165) is 0 Å². The molecule has 0 unspecified atom stereocenters. The molecule has 0 fully saturated rings. The fourth-order valence-electron chi connectivity index (χ4n) is 1.68. The number of anilines is 1.